The van der Waals surface area contributed by atoms with E-state index in [0.717, 1.165) is 23.9 Å². The first kappa shape index (κ1) is 14.5. The van der Waals surface area contributed by atoms with Crippen molar-refractivity contribution in [3.05, 3.63) is 42.0 Å². The summed E-state index contributed by atoms with van der Waals surface area (Å²) in [6, 6.07) is 11.3. The molecule has 1 heterocycles. The van der Waals surface area contributed by atoms with Crippen molar-refractivity contribution in [2.75, 3.05) is 19.6 Å². The molecule has 5 nitrogen and oxygen atoms in total. The van der Waals surface area contributed by atoms with E-state index in [9.17, 15) is 9.90 Å². The third-order valence-corrected chi connectivity index (χ3v) is 4.05. The van der Waals surface area contributed by atoms with E-state index in [2.05, 4.69) is 10.5 Å². The van der Waals surface area contributed by atoms with Crippen LogP contribution in [-0.4, -0.2) is 36.9 Å². The van der Waals surface area contributed by atoms with Crippen LogP contribution in [0.3, 0.4) is 0 Å². The Labute approximate surface area is 129 Å². The Balaban J connectivity index is 1.69. The van der Waals surface area contributed by atoms with Crippen LogP contribution in [0.5, 0.6) is 5.75 Å². The minimum Gasteiger partial charge on any atom is -0.507 e. The van der Waals surface area contributed by atoms with Gasteiger partial charge in [0, 0.05) is 18.4 Å². The third-order valence-electron chi connectivity index (χ3n) is 4.05. The van der Waals surface area contributed by atoms with Crippen LogP contribution in [0.25, 0.3) is 10.8 Å². The van der Waals surface area contributed by atoms with E-state index >= 15 is 0 Å². The number of quaternary nitrogens is 1. The molecule has 1 fully saturated rings. The lowest BCUT2D eigenvalue weighted by Gasteiger charge is -2.09. The second kappa shape index (κ2) is 6.58. The third kappa shape index (κ3) is 3.26. The van der Waals surface area contributed by atoms with E-state index < -0.39 is 0 Å². The molecule has 2 aromatic rings. The SMILES string of the molecule is O=C(C[NH+]1CCCC1)N/N=C/c1c(O)ccc2ccccc12. The fourth-order valence-corrected chi connectivity index (χ4v) is 2.91. The lowest BCUT2D eigenvalue weighted by molar-refractivity contribution is -0.879. The molecule has 22 heavy (non-hydrogen) atoms. The van der Waals surface area contributed by atoms with Crippen molar-refractivity contribution in [2.45, 2.75) is 12.8 Å². The first-order chi connectivity index (χ1) is 10.7. The second-order valence-electron chi connectivity index (χ2n) is 5.65. The number of rotatable bonds is 4. The first-order valence-corrected chi connectivity index (χ1v) is 7.60. The summed E-state index contributed by atoms with van der Waals surface area (Å²) in [6.07, 6.45) is 3.89. The Hall–Kier alpha value is -2.40. The summed E-state index contributed by atoms with van der Waals surface area (Å²) in [6.45, 7) is 2.57. The average Bonchev–Trinajstić information content (AvgIpc) is 3.02. The predicted molar refractivity (Wildman–Crippen MR) is 86.1 cm³/mol. The van der Waals surface area contributed by atoms with Crippen LogP contribution in [0.4, 0.5) is 0 Å². The normalized spacial score (nSPS) is 15.6. The van der Waals surface area contributed by atoms with Gasteiger partial charge in [-0.25, -0.2) is 5.43 Å². The highest BCUT2D eigenvalue weighted by Gasteiger charge is 2.18. The van der Waals surface area contributed by atoms with Crippen LogP contribution in [-0.2, 0) is 4.79 Å². The Bertz CT molecular complexity index is 706. The van der Waals surface area contributed by atoms with Gasteiger partial charge < -0.3 is 10.0 Å². The molecule has 114 valence electrons. The molecule has 0 aliphatic carbocycles. The Morgan fingerprint density at radius 1 is 1.23 bits per heavy atom. The molecule has 0 radical (unpaired) electrons. The summed E-state index contributed by atoms with van der Waals surface area (Å²) in [5.74, 6) is 0.0646. The monoisotopic (exact) mass is 298 g/mol. The van der Waals surface area contributed by atoms with Crippen LogP contribution in [0.2, 0.25) is 0 Å². The van der Waals surface area contributed by atoms with Crippen molar-refractivity contribution in [2.24, 2.45) is 5.10 Å². The molecule has 1 aliphatic heterocycles. The van der Waals surface area contributed by atoms with E-state index in [-0.39, 0.29) is 11.7 Å². The van der Waals surface area contributed by atoms with Gasteiger partial charge in [0.2, 0.25) is 0 Å². The molecular formula is C17H20N3O2+. The number of aromatic hydroxyl groups is 1. The highest BCUT2D eigenvalue weighted by molar-refractivity contribution is 6.02. The van der Waals surface area contributed by atoms with Gasteiger partial charge in [0.1, 0.15) is 5.75 Å². The van der Waals surface area contributed by atoms with Gasteiger partial charge in [0.05, 0.1) is 19.3 Å². The number of hydrazone groups is 1. The van der Waals surface area contributed by atoms with Crippen molar-refractivity contribution in [1.82, 2.24) is 5.43 Å². The average molecular weight is 298 g/mol. The second-order valence-corrected chi connectivity index (χ2v) is 5.65. The number of benzene rings is 2. The minimum atomic E-state index is -0.0899. The maximum atomic E-state index is 11.8. The number of hydrogen-bond donors (Lipinski definition) is 3. The molecule has 0 saturated carbocycles. The number of phenols is 1. The maximum Gasteiger partial charge on any atom is 0.295 e. The molecule has 0 bridgehead atoms. The number of hydrogen-bond acceptors (Lipinski definition) is 3. The quantitative estimate of drug-likeness (QED) is 0.574. The fraction of sp³-hybridized carbons (Fsp3) is 0.294. The first-order valence-electron chi connectivity index (χ1n) is 7.60. The van der Waals surface area contributed by atoms with Gasteiger partial charge in [-0.3, -0.25) is 4.79 Å². The standard InChI is InChI=1S/C17H19N3O2/c21-16-8-7-13-5-1-2-6-14(13)15(16)11-18-19-17(22)12-20-9-3-4-10-20/h1-2,5-8,11,21H,3-4,9-10,12H2,(H,19,22)/p+1/b18-11+. The van der Waals surface area contributed by atoms with Crippen LogP contribution in [0.1, 0.15) is 18.4 Å². The Kier molecular flexibility index (Phi) is 4.34. The van der Waals surface area contributed by atoms with Crippen molar-refractivity contribution in [3.63, 3.8) is 0 Å². The van der Waals surface area contributed by atoms with Gasteiger partial charge in [0.25, 0.3) is 5.91 Å². The Morgan fingerprint density at radius 2 is 2.00 bits per heavy atom. The van der Waals surface area contributed by atoms with Crippen LogP contribution < -0.4 is 10.3 Å². The molecule has 1 amide bonds. The van der Waals surface area contributed by atoms with Gasteiger partial charge in [-0.1, -0.05) is 30.3 Å². The van der Waals surface area contributed by atoms with Gasteiger partial charge in [0.15, 0.2) is 6.54 Å². The summed E-state index contributed by atoms with van der Waals surface area (Å²) < 4.78 is 0. The molecule has 0 atom stereocenters. The van der Waals surface area contributed by atoms with E-state index in [1.165, 1.54) is 24.0 Å². The van der Waals surface area contributed by atoms with Gasteiger partial charge in [-0.05, 0) is 16.8 Å². The zero-order chi connectivity index (χ0) is 15.4. The lowest BCUT2D eigenvalue weighted by atomic mass is 10.0. The smallest absolute Gasteiger partial charge is 0.295 e. The number of nitrogens with zero attached hydrogens (tertiary/aromatic N) is 1. The van der Waals surface area contributed by atoms with Crippen molar-refractivity contribution in [3.8, 4) is 5.75 Å². The minimum absolute atomic E-state index is 0.0899. The Morgan fingerprint density at radius 3 is 2.82 bits per heavy atom. The van der Waals surface area contributed by atoms with E-state index in [1.54, 1.807) is 6.07 Å². The van der Waals surface area contributed by atoms with Gasteiger partial charge >= 0.3 is 0 Å². The largest absolute Gasteiger partial charge is 0.507 e. The van der Waals surface area contributed by atoms with Crippen LogP contribution in [0.15, 0.2) is 41.5 Å². The summed E-state index contributed by atoms with van der Waals surface area (Å²) in [7, 11) is 0. The molecule has 0 unspecified atom stereocenters. The molecular weight excluding hydrogens is 278 g/mol. The molecule has 1 aliphatic rings. The maximum absolute atomic E-state index is 11.8. The number of phenolic OH excluding ortho intramolecular Hbond substituents is 1. The van der Waals surface area contributed by atoms with E-state index in [4.69, 9.17) is 0 Å². The van der Waals surface area contributed by atoms with E-state index in [0.29, 0.717) is 12.1 Å². The number of amides is 1. The highest BCUT2D eigenvalue weighted by atomic mass is 16.3. The fourth-order valence-electron chi connectivity index (χ4n) is 2.91. The van der Waals surface area contributed by atoms with Crippen molar-refractivity contribution >= 4 is 22.9 Å². The molecule has 1 saturated heterocycles. The van der Waals surface area contributed by atoms with Crippen molar-refractivity contribution < 1.29 is 14.8 Å². The molecule has 2 aromatic carbocycles. The molecule has 0 aromatic heterocycles. The molecule has 5 heteroatoms. The van der Waals surface area contributed by atoms with Crippen LogP contribution >= 0.6 is 0 Å². The molecule has 0 spiro atoms. The zero-order valence-electron chi connectivity index (χ0n) is 12.4. The number of likely N-dealkylation sites (tertiary alicyclic amines) is 1. The number of carbonyl (C=O) groups excluding carboxylic acids is 1. The summed E-state index contributed by atoms with van der Waals surface area (Å²) in [5, 5.41) is 15.9. The van der Waals surface area contributed by atoms with E-state index in [1.807, 2.05) is 30.3 Å². The lowest BCUT2D eigenvalue weighted by Crippen LogP contribution is -3.11. The molecule has 3 rings (SSSR count). The zero-order valence-corrected chi connectivity index (χ0v) is 12.4. The highest BCUT2D eigenvalue weighted by Crippen LogP contribution is 2.25. The number of nitrogens with one attached hydrogen (secondary N) is 2. The van der Waals surface area contributed by atoms with Crippen LogP contribution in [0, 0.1) is 0 Å². The number of carbonyl (C=O) groups is 1. The topological polar surface area (TPSA) is 66.1 Å². The summed E-state index contributed by atoms with van der Waals surface area (Å²) >= 11 is 0. The predicted octanol–water partition coefficient (Wildman–Crippen LogP) is 0.674. The van der Waals surface area contributed by atoms with Gasteiger partial charge in [-0.15, -0.1) is 0 Å². The summed E-state index contributed by atoms with van der Waals surface area (Å²) in [4.78, 5) is 13.1. The molecule has 3 N–H and O–H groups in total. The van der Waals surface area contributed by atoms with Crippen molar-refractivity contribution in [1.29, 1.82) is 0 Å². The number of fused-ring (bicyclic) bond motifs is 1. The summed E-state index contributed by atoms with van der Waals surface area (Å²) in [5.41, 5.74) is 3.17. The van der Waals surface area contributed by atoms with Gasteiger partial charge in [-0.2, -0.15) is 5.10 Å².